The van der Waals surface area contributed by atoms with E-state index in [0.29, 0.717) is 0 Å². The Morgan fingerprint density at radius 1 is 1.21 bits per heavy atom. The molecule has 0 unspecified atom stereocenters. The molecular weight excluding hydrogens is 232 g/mol. The predicted molar refractivity (Wildman–Crippen MR) is 82.2 cm³/mol. The summed E-state index contributed by atoms with van der Waals surface area (Å²) in [6, 6.07) is 9.84. The van der Waals surface area contributed by atoms with Crippen LogP contribution in [0.15, 0.2) is 24.3 Å². The highest BCUT2D eigenvalue weighted by Gasteiger charge is 2.19. The molecule has 0 heterocycles. The number of nitrogens with one attached hydrogen (secondary N) is 1. The van der Waals surface area contributed by atoms with E-state index in [1.165, 1.54) is 43.2 Å². The van der Waals surface area contributed by atoms with E-state index < -0.39 is 0 Å². The summed E-state index contributed by atoms with van der Waals surface area (Å²) in [7, 11) is 2.28. The quantitative estimate of drug-likeness (QED) is 0.754. The molecule has 19 heavy (non-hydrogen) atoms. The average Bonchev–Trinajstić information content (AvgIpc) is 2.93. The van der Waals surface area contributed by atoms with Crippen LogP contribution >= 0.6 is 0 Å². The van der Waals surface area contributed by atoms with Gasteiger partial charge < -0.3 is 5.32 Å². The number of nitrogens with zero attached hydrogens (tertiary/aromatic N) is 1. The zero-order chi connectivity index (χ0) is 13.5. The number of benzene rings is 1. The van der Waals surface area contributed by atoms with Gasteiger partial charge in [0.15, 0.2) is 0 Å². The minimum Gasteiger partial charge on any atom is -0.313 e. The SMILES string of the molecule is CCCNCc1cccc(CN(C)C2CCCC2)c1. The van der Waals surface area contributed by atoms with Crippen LogP contribution in [-0.4, -0.2) is 24.5 Å². The molecular formula is C17H28N2. The molecule has 2 heteroatoms. The van der Waals surface area contributed by atoms with Gasteiger partial charge in [-0.3, -0.25) is 4.90 Å². The highest BCUT2D eigenvalue weighted by molar-refractivity contribution is 5.23. The summed E-state index contributed by atoms with van der Waals surface area (Å²) < 4.78 is 0. The van der Waals surface area contributed by atoms with Crippen LogP contribution in [0.25, 0.3) is 0 Å². The van der Waals surface area contributed by atoms with Crippen molar-refractivity contribution in [3.63, 3.8) is 0 Å². The van der Waals surface area contributed by atoms with Crippen LogP contribution < -0.4 is 5.32 Å². The second kappa shape index (κ2) is 7.66. The van der Waals surface area contributed by atoms with Gasteiger partial charge in [-0.05, 0) is 44.0 Å². The monoisotopic (exact) mass is 260 g/mol. The smallest absolute Gasteiger partial charge is 0.0233 e. The summed E-state index contributed by atoms with van der Waals surface area (Å²) in [5.74, 6) is 0. The average molecular weight is 260 g/mol. The van der Waals surface area contributed by atoms with Crippen molar-refractivity contribution in [1.82, 2.24) is 10.2 Å². The summed E-state index contributed by atoms with van der Waals surface area (Å²) in [5.41, 5.74) is 2.86. The molecule has 2 rings (SSSR count). The van der Waals surface area contributed by atoms with E-state index in [4.69, 9.17) is 0 Å². The Kier molecular flexibility index (Phi) is 5.87. The minimum absolute atomic E-state index is 0.807. The van der Waals surface area contributed by atoms with Gasteiger partial charge in [-0.15, -0.1) is 0 Å². The van der Waals surface area contributed by atoms with Crippen molar-refractivity contribution in [3.8, 4) is 0 Å². The van der Waals surface area contributed by atoms with E-state index in [9.17, 15) is 0 Å². The summed E-state index contributed by atoms with van der Waals surface area (Å²) in [4.78, 5) is 2.53. The lowest BCUT2D eigenvalue weighted by atomic mass is 10.1. The molecule has 0 aromatic heterocycles. The molecule has 1 fully saturated rings. The molecule has 0 saturated heterocycles. The van der Waals surface area contributed by atoms with Gasteiger partial charge in [-0.2, -0.15) is 0 Å². The molecule has 0 bridgehead atoms. The summed E-state index contributed by atoms with van der Waals surface area (Å²) >= 11 is 0. The van der Waals surface area contributed by atoms with Crippen molar-refractivity contribution in [3.05, 3.63) is 35.4 Å². The second-order valence-corrected chi connectivity index (χ2v) is 5.85. The third kappa shape index (κ3) is 4.63. The van der Waals surface area contributed by atoms with Crippen LogP contribution in [0, 0.1) is 0 Å². The Hall–Kier alpha value is -0.860. The van der Waals surface area contributed by atoms with Crippen LogP contribution in [0.3, 0.4) is 0 Å². The third-order valence-corrected chi connectivity index (χ3v) is 4.13. The van der Waals surface area contributed by atoms with Crippen molar-refractivity contribution < 1.29 is 0 Å². The molecule has 106 valence electrons. The molecule has 1 aliphatic carbocycles. The van der Waals surface area contributed by atoms with Crippen LogP contribution in [-0.2, 0) is 13.1 Å². The maximum Gasteiger partial charge on any atom is 0.0233 e. The van der Waals surface area contributed by atoms with Crippen molar-refractivity contribution in [2.75, 3.05) is 13.6 Å². The fourth-order valence-electron chi connectivity index (χ4n) is 3.01. The molecule has 1 N–H and O–H groups in total. The van der Waals surface area contributed by atoms with E-state index in [0.717, 1.165) is 25.7 Å². The second-order valence-electron chi connectivity index (χ2n) is 5.85. The lowest BCUT2D eigenvalue weighted by molar-refractivity contribution is 0.237. The van der Waals surface area contributed by atoms with Gasteiger partial charge in [0.1, 0.15) is 0 Å². The molecule has 0 aliphatic heterocycles. The maximum absolute atomic E-state index is 3.47. The van der Waals surface area contributed by atoms with Gasteiger partial charge >= 0.3 is 0 Å². The molecule has 1 aliphatic rings. The highest BCUT2D eigenvalue weighted by atomic mass is 15.1. The molecule has 0 amide bonds. The largest absolute Gasteiger partial charge is 0.313 e. The Balaban J connectivity index is 1.86. The standard InChI is InChI=1S/C17H28N2/c1-3-11-18-13-15-7-6-8-16(12-15)14-19(2)17-9-4-5-10-17/h6-8,12,17-18H,3-5,9-11,13-14H2,1-2H3. The van der Waals surface area contributed by atoms with E-state index in [1.807, 2.05) is 0 Å². The molecule has 0 radical (unpaired) electrons. The van der Waals surface area contributed by atoms with Crippen molar-refractivity contribution in [1.29, 1.82) is 0 Å². The first-order chi connectivity index (χ1) is 9.29. The molecule has 2 nitrogen and oxygen atoms in total. The maximum atomic E-state index is 3.47. The van der Waals surface area contributed by atoms with Gasteiger partial charge in [0.2, 0.25) is 0 Å². The molecule has 1 aromatic carbocycles. The number of hydrogen-bond acceptors (Lipinski definition) is 2. The summed E-state index contributed by atoms with van der Waals surface area (Å²) in [5, 5.41) is 3.47. The van der Waals surface area contributed by atoms with E-state index >= 15 is 0 Å². The number of rotatable bonds is 7. The fourth-order valence-corrected chi connectivity index (χ4v) is 3.01. The Bertz CT molecular complexity index is 369. The lowest BCUT2D eigenvalue weighted by Gasteiger charge is -2.24. The van der Waals surface area contributed by atoms with Gasteiger partial charge in [0.25, 0.3) is 0 Å². The van der Waals surface area contributed by atoms with Gasteiger partial charge in [0, 0.05) is 19.1 Å². The molecule has 0 spiro atoms. The molecule has 1 saturated carbocycles. The zero-order valence-corrected chi connectivity index (χ0v) is 12.5. The third-order valence-electron chi connectivity index (χ3n) is 4.13. The van der Waals surface area contributed by atoms with Gasteiger partial charge in [-0.1, -0.05) is 44.0 Å². The fraction of sp³-hybridized carbons (Fsp3) is 0.647. The predicted octanol–water partition coefficient (Wildman–Crippen LogP) is 3.56. The number of hydrogen-bond donors (Lipinski definition) is 1. The Labute approximate surface area is 118 Å². The van der Waals surface area contributed by atoms with E-state index in [-0.39, 0.29) is 0 Å². The van der Waals surface area contributed by atoms with Crippen molar-refractivity contribution in [2.24, 2.45) is 0 Å². The summed E-state index contributed by atoms with van der Waals surface area (Å²) in [6.45, 7) is 5.40. The first kappa shape index (κ1) is 14.5. The first-order valence-electron chi connectivity index (χ1n) is 7.78. The van der Waals surface area contributed by atoms with Crippen LogP contribution in [0.1, 0.15) is 50.2 Å². The van der Waals surface area contributed by atoms with E-state index in [2.05, 4.69) is 48.5 Å². The lowest BCUT2D eigenvalue weighted by Crippen LogP contribution is -2.28. The first-order valence-corrected chi connectivity index (χ1v) is 7.78. The normalized spacial score (nSPS) is 16.4. The Morgan fingerprint density at radius 3 is 2.68 bits per heavy atom. The van der Waals surface area contributed by atoms with Gasteiger partial charge in [-0.25, -0.2) is 0 Å². The van der Waals surface area contributed by atoms with Gasteiger partial charge in [0.05, 0.1) is 0 Å². The highest BCUT2D eigenvalue weighted by Crippen LogP contribution is 2.23. The van der Waals surface area contributed by atoms with E-state index in [1.54, 1.807) is 0 Å². The topological polar surface area (TPSA) is 15.3 Å². The van der Waals surface area contributed by atoms with Crippen molar-refractivity contribution >= 4 is 0 Å². The van der Waals surface area contributed by atoms with Crippen LogP contribution in [0.5, 0.6) is 0 Å². The summed E-state index contributed by atoms with van der Waals surface area (Å²) in [6.07, 6.45) is 6.79. The zero-order valence-electron chi connectivity index (χ0n) is 12.5. The molecule has 1 aromatic rings. The van der Waals surface area contributed by atoms with Crippen LogP contribution in [0.2, 0.25) is 0 Å². The molecule has 0 atom stereocenters. The van der Waals surface area contributed by atoms with Crippen molar-refractivity contribution in [2.45, 2.75) is 58.2 Å². The minimum atomic E-state index is 0.807. The van der Waals surface area contributed by atoms with Crippen LogP contribution in [0.4, 0.5) is 0 Å². The Morgan fingerprint density at radius 2 is 1.95 bits per heavy atom.